The second-order valence-electron chi connectivity index (χ2n) is 3.57. The smallest absolute Gasteiger partial charge is 0.341 e. The minimum absolute atomic E-state index is 0.0360. The van der Waals surface area contributed by atoms with Crippen molar-refractivity contribution in [1.82, 2.24) is 4.98 Å². The lowest BCUT2D eigenvalue weighted by Crippen LogP contribution is -2.10. The van der Waals surface area contributed by atoms with Gasteiger partial charge in [-0.1, -0.05) is 23.2 Å². The summed E-state index contributed by atoms with van der Waals surface area (Å²) in [7, 11) is 1.61. The van der Waals surface area contributed by atoms with Gasteiger partial charge in [0, 0.05) is 20.1 Å². The van der Waals surface area contributed by atoms with Gasteiger partial charge in [0.15, 0.2) is 0 Å². The van der Waals surface area contributed by atoms with Gasteiger partial charge in [0.2, 0.25) is 0 Å². The van der Waals surface area contributed by atoms with Crippen LogP contribution in [0.3, 0.4) is 0 Å². The predicted octanol–water partition coefficient (Wildman–Crippen LogP) is 2.60. The van der Waals surface area contributed by atoms with Gasteiger partial charge in [-0.15, -0.1) is 0 Å². The van der Waals surface area contributed by atoms with Gasteiger partial charge in [0.05, 0.1) is 25.4 Å². The molecule has 0 saturated carbocycles. The molecule has 1 aromatic heterocycles. The quantitative estimate of drug-likeness (QED) is 0.420. The normalized spacial score (nSPS) is 10.5. The first kappa shape index (κ1) is 16.2. The van der Waals surface area contributed by atoms with Crippen molar-refractivity contribution in [2.45, 2.75) is 6.42 Å². The molecule has 19 heavy (non-hydrogen) atoms. The van der Waals surface area contributed by atoms with Crippen LogP contribution in [-0.4, -0.2) is 44.5 Å². The van der Waals surface area contributed by atoms with Crippen molar-refractivity contribution in [2.24, 2.45) is 0 Å². The fourth-order valence-corrected chi connectivity index (χ4v) is 1.63. The number of hydrogen-bond donors (Lipinski definition) is 0. The van der Waals surface area contributed by atoms with Gasteiger partial charge in [0.1, 0.15) is 10.3 Å². The number of esters is 1. The number of carbonyl (C=O) groups is 1. The summed E-state index contributed by atoms with van der Waals surface area (Å²) in [5, 5.41) is 0.266. The first-order valence-corrected chi connectivity index (χ1v) is 6.46. The number of ether oxygens (including phenoxy) is 3. The second-order valence-corrected chi connectivity index (χ2v) is 4.31. The van der Waals surface area contributed by atoms with Gasteiger partial charge < -0.3 is 14.2 Å². The van der Waals surface area contributed by atoms with E-state index in [1.807, 2.05) is 0 Å². The number of methoxy groups -OCH3 is 1. The summed E-state index contributed by atoms with van der Waals surface area (Å²) in [6.45, 7) is 1.83. The van der Waals surface area contributed by atoms with Crippen LogP contribution in [0.2, 0.25) is 10.3 Å². The van der Waals surface area contributed by atoms with Crippen LogP contribution in [0.25, 0.3) is 0 Å². The van der Waals surface area contributed by atoms with Crippen molar-refractivity contribution in [3.63, 3.8) is 0 Å². The Morgan fingerprint density at radius 2 is 2.00 bits per heavy atom. The van der Waals surface area contributed by atoms with Crippen LogP contribution in [0.15, 0.2) is 12.1 Å². The number of hydrogen-bond acceptors (Lipinski definition) is 5. The van der Waals surface area contributed by atoms with Gasteiger partial charge in [-0.05, 0) is 12.1 Å². The van der Waals surface area contributed by atoms with E-state index in [1.165, 1.54) is 12.1 Å². The van der Waals surface area contributed by atoms with E-state index in [0.717, 1.165) is 0 Å². The average molecular weight is 308 g/mol. The SMILES string of the molecule is COCCOCCCOC(=O)c1ccc(Cl)nc1Cl. The molecule has 0 unspecified atom stereocenters. The molecule has 0 N–H and O–H groups in total. The Kier molecular flexibility index (Phi) is 7.74. The summed E-state index contributed by atoms with van der Waals surface area (Å²) < 4.78 is 15.1. The highest BCUT2D eigenvalue weighted by atomic mass is 35.5. The van der Waals surface area contributed by atoms with Gasteiger partial charge in [-0.2, -0.15) is 0 Å². The van der Waals surface area contributed by atoms with Gasteiger partial charge in [-0.3, -0.25) is 0 Å². The first-order chi connectivity index (χ1) is 9.15. The molecule has 0 saturated heterocycles. The van der Waals surface area contributed by atoms with Crippen LogP contribution in [-0.2, 0) is 14.2 Å². The maximum Gasteiger partial charge on any atom is 0.341 e. The Bertz CT molecular complexity index is 415. The molecule has 0 amide bonds. The zero-order valence-corrected chi connectivity index (χ0v) is 12.0. The molecular formula is C12H15Cl2NO4. The number of carbonyl (C=O) groups excluding carboxylic acids is 1. The fourth-order valence-electron chi connectivity index (χ4n) is 1.21. The maximum atomic E-state index is 11.7. The maximum absolute atomic E-state index is 11.7. The monoisotopic (exact) mass is 307 g/mol. The summed E-state index contributed by atoms with van der Waals surface area (Å²) in [4.78, 5) is 15.4. The van der Waals surface area contributed by atoms with Crippen molar-refractivity contribution >= 4 is 29.2 Å². The number of rotatable bonds is 8. The molecule has 5 nitrogen and oxygen atoms in total. The lowest BCUT2D eigenvalue weighted by molar-refractivity contribution is 0.0385. The van der Waals surface area contributed by atoms with Crippen molar-refractivity contribution < 1.29 is 19.0 Å². The molecule has 1 rings (SSSR count). The Labute approximate surface area is 121 Å². The zero-order chi connectivity index (χ0) is 14.1. The lowest BCUT2D eigenvalue weighted by atomic mass is 10.3. The van der Waals surface area contributed by atoms with Gasteiger partial charge >= 0.3 is 5.97 Å². The average Bonchev–Trinajstić information content (AvgIpc) is 2.37. The lowest BCUT2D eigenvalue weighted by Gasteiger charge is -2.06. The molecular weight excluding hydrogens is 293 g/mol. The number of halogens is 2. The van der Waals surface area contributed by atoms with E-state index in [4.69, 9.17) is 37.4 Å². The fraction of sp³-hybridized carbons (Fsp3) is 0.500. The molecule has 1 heterocycles. The van der Waals surface area contributed by atoms with Crippen LogP contribution in [0.5, 0.6) is 0 Å². The van der Waals surface area contributed by atoms with Crippen molar-refractivity contribution in [2.75, 3.05) is 33.5 Å². The Morgan fingerprint density at radius 3 is 2.68 bits per heavy atom. The van der Waals surface area contributed by atoms with E-state index in [9.17, 15) is 4.79 Å². The molecule has 106 valence electrons. The summed E-state index contributed by atoms with van der Waals surface area (Å²) in [5.41, 5.74) is 0.200. The molecule has 0 bridgehead atoms. The highest BCUT2D eigenvalue weighted by Gasteiger charge is 2.13. The third kappa shape index (κ3) is 6.20. The van der Waals surface area contributed by atoms with Crippen LogP contribution in [0.1, 0.15) is 16.8 Å². The molecule has 0 aliphatic rings. The molecule has 7 heteroatoms. The Hall–Kier alpha value is -0.880. The molecule has 0 aliphatic heterocycles. The van der Waals surface area contributed by atoms with Gasteiger partial charge in [0.25, 0.3) is 0 Å². The molecule has 0 fully saturated rings. The third-order valence-corrected chi connectivity index (χ3v) is 2.63. The molecule has 0 aliphatic carbocycles. The summed E-state index contributed by atoms with van der Waals surface area (Å²) in [6, 6.07) is 2.97. The van der Waals surface area contributed by atoms with E-state index in [1.54, 1.807) is 7.11 Å². The van der Waals surface area contributed by atoms with Crippen molar-refractivity contribution in [3.05, 3.63) is 28.0 Å². The molecule has 0 atom stereocenters. The Morgan fingerprint density at radius 1 is 1.21 bits per heavy atom. The molecule has 0 aromatic carbocycles. The second kappa shape index (κ2) is 9.09. The minimum atomic E-state index is -0.522. The van der Waals surface area contributed by atoms with E-state index < -0.39 is 5.97 Å². The van der Waals surface area contributed by atoms with Crippen molar-refractivity contribution in [3.8, 4) is 0 Å². The van der Waals surface area contributed by atoms with Crippen LogP contribution < -0.4 is 0 Å². The number of nitrogens with zero attached hydrogens (tertiary/aromatic N) is 1. The van der Waals surface area contributed by atoms with Crippen LogP contribution >= 0.6 is 23.2 Å². The Balaban J connectivity index is 2.24. The first-order valence-electron chi connectivity index (χ1n) is 5.71. The molecule has 1 aromatic rings. The largest absolute Gasteiger partial charge is 0.462 e. The van der Waals surface area contributed by atoms with E-state index in [-0.39, 0.29) is 22.5 Å². The highest BCUT2D eigenvalue weighted by Crippen LogP contribution is 2.17. The third-order valence-electron chi connectivity index (χ3n) is 2.13. The number of pyridine rings is 1. The van der Waals surface area contributed by atoms with Crippen molar-refractivity contribution in [1.29, 1.82) is 0 Å². The van der Waals surface area contributed by atoms with E-state index >= 15 is 0 Å². The summed E-state index contributed by atoms with van der Waals surface area (Å²) in [6.07, 6.45) is 0.605. The van der Waals surface area contributed by atoms with Gasteiger partial charge in [-0.25, -0.2) is 9.78 Å². The standard InChI is InChI=1S/C12H15Cl2NO4/c1-17-7-8-18-5-2-6-19-12(16)9-3-4-10(13)15-11(9)14/h3-4H,2,5-8H2,1H3. The zero-order valence-electron chi connectivity index (χ0n) is 10.5. The topological polar surface area (TPSA) is 57.7 Å². The highest BCUT2D eigenvalue weighted by molar-refractivity contribution is 6.34. The molecule has 0 radical (unpaired) electrons. The summed E-state index contributed by atoms with van der Waals surface area (Å²) in [5.74, 6) is -0.522. The van der Waals surface area contributed by atoms with Crippen LogP contribution in [0, 0.1) is 0 Å². The minimum Gasteiger partial charge on any atom is -0.462 e. The summed E-state index contributed by atoms with van der Waals surface area (Å²) >= 11 is 11.4. The predicted molar refractivity (Wildman–Crippen MR) is 71.9 cm³/mol. The van der Waals surface area contributed by atoms with E-state index in [2.05, 4.69) is 4.98 Å². The van der Waals surface area contributed by atoms with E-state index in [0.29, 0.717) is 26.2 Å². The van der Waals surface area contributed by atoms with Crippen LogP contribution in [0.4, 0.5) is 0 Å². The molecule has 0 spiro atoms. The number of aromatic nitrogens is 1.